The first-order valence-corrected chi connectivity index (χ1v) is 7.63. The summed E-state index contributed by atoms with van der Waals surface area (Å²) < 4.78 is 0. The molecule has 1 amide bonds. The number of nitrogens with two attached hydrogens (primary N) is 1. The van der Waals surface area contributed by atoms with E-state index in [0.29, 0.717) is 6.54 Å². The Morgan fingerprint density at radius 3 is 2.26 bits per heavy atom. The van der Waals surface area contributed by atoms with Gasteiger partial charge in [-0.3, -0.25) is 4.79 Å². The molecule has 0 aromatic heterocycles. The highest BCUT2D eigenvalue weighted by Crippen LogP contribution is 2.13. The summed E-state index contributed by atoms with van der Waals surface area (Å²) in [5.41, 5.74) is 5.68. The summed E-state index contributed by atoms with van der Waals surface area (Å²) in [7, 11) is 0. The number of amides is 1. The normalized spacial score (nSPS) is 16.2. The Morgan fingerprint density at radius 2 is 1.79 bits per heavy atom. The molecule has 0 spiro atoms. The van der Waals surface area contributed by atoms with E-state index in [1.54, 1.807) is 0 Å². The first-order valence-electron chi connectivity index (χ1n) is 7.63. The second kappa shape index (κ2) is 10.2. The Morgan fingerprint density at radius 1 is 1.21 bits per heavy atom. The number of carbonyl (C=O) groups excluding carboxylic acids is 1. The van der Waals surface area contributed by atoms with E-state index in [9.17, 15) is 9.90 Å². The zero-order chi connectivity index (χ0) is 14.8. The van der Waals surface area contributed by atoms with Crippen LogP contribution in [-0.2, 0) is 4.79 Å². The van der Waals surface area contributed by atoms with Crippen molar-refractivity contribution in [3.8, 4) is 0 Å². The van der Waals surface area contributed by atoms with Gasteiger partial charge in [0.15, 0.2) is 0 Å². The number of nitrogens with one attached hydrogen (secondary N) is 1. The van der Waals surface area contributed by atoms with Gasteiger partial charge in [-0.1, -0.05) is 40.0 Å². The van der Waals surface area contributed by atoms with Crippen LogP contribution < -0.4 is 11.1 Å². The van der Waals surface area contributed by atoms with Crippen LogP contribution in [0.5, 0.6) is 0 Å². The molecule has 0 aliphatic carbocycles. The molecule has 4 heteroatoms. The topological polar surface area (TPSA) is 75.3 Å². The minimum atomic E-state index is -0.435. The van der Waals surface area contributed by atoms with Crippen molar-refractivity contribution in [2.45, 2.75) is 71.9 Å². The summed E-state index contributed by atoms with van der Waals surface area (Å²) in [5.74, 6) is 0.302. The van der Waals surface area contributed by atoms with Gasteiger partial charge in [-0.2, -0.15) is 0 Å². The Labute approximate surface area is 118 Å². The fourth-order valence-corrected chi connectivity index (χ4v) is 2.26. The lowest BCUT2D eigenvalue weighted by molar-refractivity contribution is -0.125. The monoisotopic (exact) mass is 272 g/mol. The fourth-order valence-electron chi connectivity index (χ4n) is 2.26. The predicted octanol–water partition coefficient (Wildman–Crippen LogP) is 2.05. The molecule has 0 radical (unpaired) electrons. The van der Waals surface area contributed by atoms with Crippen LogP contribution in [0.3, 0.4) is 0 Å². The molecule has 0 aromatic carbocycles. The van der Waals surface area contributed by atoms with E-state index in [2.05, 4.69) is 19.2 Å². The van der Waals surface area contributed by atoms with Gasteiger partial charge < -0.3 is 16.2 Å². The largest absolute Gasteiger partial charge is 0.391 e. The number of aliphatic hydroxyl groups is 1. The van der Waals surface area contributed by atoms with E-state index < -0.39 is 6.10 Å². The molecule has 0 saturated carbocycles. The smallest absolute Gasteiger partial charge is 0.222 e. The number of hydrogen-bond acceptors (Lipinski definition) is 3. The van der Waals surface area contributed by atoms with Crippen molar-refractivity contribution >= 4 is 5.91 Å². The van der Waals surface area contributed by atoms with E-state index in [-0.39, 0.29) is 23.8 Å². The molecule has 0 fully saturated rings. The van der Waals surface area contributed by atoms with Crippen LogP contribution in [-0.4, -0.2) is 29.7 Å². The second-order valence-corrected chi connectivity index (χ2v) is 5.70. The summed E-state index contributed by atoms with van der Waals surface area (Å²) in [6, 6.07) is 0.201. The summed E-state index contributed by atoms with van der Waals surface area (Å²) >= 11 is 0. The molecule has 0 aromatic rings. The lowest BCUT2D eigenvalue weighted by atomic mass is 9.96. The third kappa shape index (κ3) is 8.22. The molecule has 114 valence electrons. The van der Waals surface area contributed by atoms with Gasteiger partial charge in [0, 0.05) is 18.5 Å². The molecule has 0 heterocycles. The standard InChI is InChI=1S/C15H32N2O2/c1-5-13(6-2)14(18)10-17-15(19)11(3)8-7-9-12(4)16/h11-14,18H,5-10,16H2,1-4H3,(H,17,19). The molecule has 0 aliphatic heterocycles. The molecular formula is C15H32N2O2. The Hall–Kier alpha value is -0.610. The SMILES string of the molecule is CCC(CC)C(O)CNC(=O)C(C)CCCC(C)N. The Kier molecular flexibility index (Phi) is 9.88. The molecular weight excluding hydrogens is 240 g/mol. The van der Waals surface area contributed by atoms with Crippen molar-refractivity contribution < 1.29 is 9.90 Å². The minimum absolute atomic E-state index is 0.00680. The average molecular weight is 272 g/mol. The Balaban J connectivity index is 3.89. The summed E-state index contributed by atoms with van der Waals surface area (Å²) in [6.45, 7) is 8.41. The molecule has 0 rings (SSSR count). The Bertz CT molecular complexity index is 240. The summed E-state index contributed by atoms with van der Waals surface area (Å²) in [4.78, 5) is 11.9. The fraction of sp³-hybridized carbons (Fsp3) is 0.933. The molecule has 3 atom stereocenters. The zero-order valence-corrected chi connectivity index (χ0v) is 13.0. The molecule has 19 heavy (non-hydrogen) atoms. The minimum Gasteiger partial charge on any atom is -0.391 e. The number of rotatable bonds is 10. The number of hydrogen-bond donors (Lipinski definition) is 3. The third-order valence-electron chi connectivity index (χ3n) is 3.82. The molecule has 0 aliphatic rings. The predicted molar refractivity (Wildman–Crippen MR) is 79.8 cm³/mol. The van der Waals surface area contributed by atoms with Gasteiger partial charge in [0.05, 0.1) is 6.10 Å². The number of carbonyl (C=O) groups is 1. The van der Waals surface area contributed by atoms with Gasteiger partial charge >= 0.3 is 0 Å². The van der Waals surface area contributed by atoms with Crippen LogP contribution in [0.15, 0.2) is 0 Å². The van der Waals surface area contributed by atoms with Crippen LogP contribution >= 0.6 is 0 Å². The van der Waals surface area contributed by atoms with Crippen molar-refractivity contribution in [3.63, 3.8) is 0 Å². The maximum Gasteiger partial charge on any atom is 0.222 e. The molecule has 3 unspecified atom stereocenters. The molecule has 0 bridgehead atoms. The summed E-state index contributed by atoms with van der Waals surface area (Å²) in [5, 5.41) is 12.8. The lowest BCUT2D eigenvalue weighted by Gasteiger charge is -2.21. The van der Waals surface area contributed by atoms with Gasteiger partial charge in [0.25, 0.3) is 0 Å². The highest BCUT2D eigenvalue weighted by Gasteiger charge is 2.18. The lowest BCUT2D eigenvalue weighted by Crippen LogP contribution is -2.38. The van der Waals surface area contributed by atoms with E-state index in [1.165, 1.54) is 0 Å². The van der Waals surface area contributed by atoms with Gasteiger partial charge in [0.1, 0.15) is 0 Å². The van der Waals surface area contributed by atoms with Gasteiger partial charge in [-0.05, 0) is 25.7 Å². The molecule has 4 nitrogen and oxygen atoms in total. The first kappa shape index (κ1) is 18.4. The quantitative estimate of drug-likeness (QED) is 0.570. The average Bonchev–Trinajstić information content (AvgIpc) is 2.36. The van der Waals surface area contributed by atoms with Crippen LogP contribution in [0.1, 0.15) is 59.8 Å². The third-order valence-corrected chi connectivity index (χ3v) is 3.82. The van der Waals surface area contributed by atoms with Gasteiger partial charge in [-0.25, -0.2) is 0 Å². The van der Waals surface area contributed by atoms with E-state index in [0.717, 1.165) is 32.1 Å². The number of aliphatic hydroxyl groups excluding tert-OH is 1. The molecule has 0 saturated heterocycles. The zero-order valence-electron chi connectivity index (χ0n) is 13.0. The van der Waals surface area contributed by atoms with Crippen molar-refractivity contribution in [1.82, 2.24) is 5.32 Å². The van der Waals surface area contributed by atoms with E-state index in [1.807, 2.05) is 13.8 Å². The van der Waals surface area contributed by atoms with Crippen LogP contribution in [0, 0.1) is 11.8 Å². The van der Waals surface area contributed by atoms with Gasteiger partial charge in [-0.15, -0.1) is 0 Å². The van der Waals surface area contributed by atoms with Crippen molar-refractivity contribution in [2.75, 3.05) is 6.54 Å². The van der Waals surface area contributed by atoms with E-state index in [4.69, 9.17) is 5.73 Å². The van der Waals surface area contributed by atoms with Crippen LogP contribution in [0.2, 0.25) is 0 Å². The highest BCUT2D eigenvalue weighted by molar-refractivity contribution is 5.78. The maximum absolute atomic E-state index is 11.9. The van der Waals surface area contributed by atoms with Crippen LogP contribution in [0.25, 0.3) is 0 Å². The first-order chi connectivity index (χ1) is 8.92. The van der Waals surface area contributed by atoms with E-state index >= 15 is 0 Å². The van der Waals surface area contributed by atoms with Crippen molar-refractivity contribution in [1.29, 1.82) is 0 Å². The summed E-state index contributed by atoms with van der Waals surface area (Å²) in [6.07, 6.45) is 4.23. The maximum atomic E-state index is 11.9. The second-order valence-electron chi connectivity index (χ2n) is 5.70. The van der Waals surface area contributed by atoms with Crippen molar-refractivity contribution in [2.24, 2.45) is 17.6 Å². The van der Waals surface area contributed by atoms with Crippen LogP contribution in [0.4, 0.5) is 0 Å². The van der Waals surface area contributed by atoms with Gasteiger partial charge in [0.2, 0.25) is 5.91 Å². The van der Waals surface area contributed by atoms with Crippen molar-refractivity contribution in [3.05, 3.63) is 0 Å². The highest BCUT2D eigenvalue weighted by atomic mass is 16.3. The molecule has 4 N–H and O–H groups in total.